The Bertz CT molecular complexity index is 1100. The lowest BCUT2D eigenvalue weighted by Gasteiger charge is -2.14. The largest absolute Gasteiger partial charge is 0.478 e. The van der Waals surface area contributed by atoms with E-state index in [1.807, 2.05) is 0 Å². The average Bonchev–Trinajstić information content (AvgIpc) is 2.72. The topological polar surface area (TPSA) is 76.5 Å². The minimum Gasteiger partial charge on any atom is -0.478 e. The Labute approximate surface area is 175 Å². The molecule has 5 nitrogen and oxygen atoms in total. The molecule has 0 aliphatic rings. The van der Waals surface area contributed by atoms with Crippen molar-refractivity contribution < 1.29 is 28.2 Å². The number of Topliss-reactive ketones (excluding diaryl/α,β-unsaturated/α-hetero) is 1. The number of nitrogens with zero attached hydrogens (tertiary/aromatic N) is 1. The molecule has 2 aromatic carbocycles. The summed E-state index contributed by atoms with van der Waals surface area (Å²) in [5.41, 5.74) is 0.936. The minimum absolute atomic E-state index is 0.0279. The molecule has 1 N–H and O–H groups in total. The summed E-state index contributed by atoms with van der Waals surface area (Å²) >= 11 is 5.96. The molecular weight excluding hydrogens is 416 g/mol. The van der Waals surface area contributed by atoms with Gasteiger partial charge in [0.25, 0.3) is 0 Å². The third kappa shape index (κ3) is 4.80. The van der Waals surface area contributed by atoms with Crippen LogP contribution in [0.5, 0.6) is 11.6 Å². The van der Waals surface area contributed by atoms with Crippen LogP contribution in [-0.2, 0) is 0 Å². The van der Waals surface area contributed by atoms with Gasteiger partial charge in [-0.2, -0.15) is 4.39 Å². The molecule has 0 aliphatic heterocycles. The number of rotatable bonds is 7. The van der Waals surface area contributed by atoms with Crippen LogP contribution in [-0.4, -0.2) is 21.8 Å². The minimum atomic E-state index is -1.19. The normalized spacial score (nSPS) is 11.7. The van der Waals surface area contributed by atoms with Crippen molar-refractivity contribution in [3.05, 3.63) is 88.1 Å². The molecule has 0 saturated heterocycles. The molecule has 1 heterocycles. The molecule has 154 valence electrons. The molecule has 8 heteroatoms. The summed E-state index contributed by atoms with van der Waals surface area (Å²) in [7, 11) is 0. The van der Waals surface area contributed by atoms with E-state index in [2.05, 4.69) is 4.98 Å². The molecular formula is C22H16ClF2NO4. The first-order valence-corrected chi connectivity index (χ1v) is 9.28. The summed E-state index contributed by atoms with van der Waals surface area (Å²) in [6.45, 7) is 1.80. The Morgan fingerprint density at radius 2 is 1.87 bits per heavy atom. The number of ketones is 1. The standard InChI is InChI=1S/C22H16ClF2NO4/c1-12(13-5-7-14(8-6-13)22(28)29)9-18(27)16-10-15(23)11-26-21(16)30-19-4-2-3-17(24)20(19)25/h2-8,10-12H,9H2,1H3,(H,28,29)/t12-/m1/s1. The van der Waals surface area contributed by atoms with Gasteiger partial charge in [-0.05, 0) is 41.8 Å². The predicted molar refractivity (Wildman–Crippen MR) is 106 cm³/mol. The Morgan fingerprint density at radius 3 is 2.53 bits per heavy atom. The van der Waals surface area contributed by atoms with E-state index in [0.717, 1.165) is 11.6 Å². The summed E-state index contributed by atoms with van der Waals surface area (Å²) in [6.07, 6.45) is 1.27. The molecule has 1 aromatic heterocycles. The van der Waals surface area contributed by atoms with E-state index in [4.69, 9.17) is 21.4 Å². The molecule has 3 aromatic rings. The molecule has 1 atom stereocenters. The number of carboxylic acid groups (broad SMARTS) is 1. The quantitative estimate of drug-likeness (QED) is 0.473. The lowest BCUT2D eigenvalue weighted by molar-refractivity contribution is 0.0696. The van der Waals surface area contributed by atoms with Gasteiger partial charge in [-0.3, -0.25) is 4.79 Å². The van der Waals surface area contributed by atoms with Crippen molar-refractivity contribution in [1.29, 1.82) is 0 Å². The Balaban J connectivity index is 1.83. The number of hydrogen-bond acceptors (Lipinski definition) is 4. The maximum Gasteiger partial charge on any atom is 0.335 e. The fourth-order valence-electron chi connectivity index (χ4n) is 2.83. The second-order valence-corrected chi connectivity index (χ2v) is 7.05. The molecule has 0 amide bonds. The number of aromatic carboxylic acids is 1. The van der Waals surface area contributed by atoms with Gasteiger partial charge in [-0.25, -0.2) is 14.2 Å². The average molecular weight is 432 g/mol. The number of aromatic nitrogens is 1. The van der Waals surface area contributed by atoms with Gasteiger partial charge in [0.15, 0.2) is 17.3 Å². The molecule has 0 unspecified atom stereocenters. The predicted octanol–water partition coefficient (Wildman–Crippen LogP) is 5.88. The SMILES string of the molecule is C[C@H](CC(=O)c1cc(Cl)cnc1Oc1cccc(F)c1F)c1ccc(C(=O)O)cc1. The van der Waals surface area contributed by atoms with Crippen LogP contribution in [0.2, 0.25) is 5.02 Å². The Kier molecular flexibility index (Phi) is 6.42. The maximum absolute atomic E-state index is 13.9. The summed E-state index contributed by atoms with van der Waals surface area (Å²) < 4.78 is 32.7. The molecule has 0 fully saturated rings. The summed E-state index contributed by atoms with van der Waals surface area (Å²) in [6, 6.07) is 11.0. The van der Waals surface area contributed by atoms with Crippen LogP contribution in [0, 0.1) is 11.6 Å². The van der Waals surface area contributed by atoms with Crippen LogP contribution >= 0.6 is 11.6 Å². The lowest BCUT2D eigenvalue weighted by Crippen LogP contribution is -2.08. The zero-order valence-electron chi connectivity index (χ0n) is 15.7. The zero-order chi connectivity index (χ0) is 21.8. The van der Waals surface area contributed by atoms with Gasteiger partial charge in [-0.1, -0.05) is 36.7 Å². The number of pyridine rings is 1. The number of carbonyl (C=O) groups is 2. The summed E-state index contributed by atoms with van der Waals surface area (Å²) in [4.78, 5) is 27.8. The van der Waals surface area contributed by atoms with Gasteiger partial charge >= 0.3 is 5.97 Å². The van der Waals surface area contributed by atoms with Gasteiger partial charge < -0.3 is 9.84 Å². The van der Waals surface area contributed by atoms with Crippen molar-refractivity contribution in [3.8, 4) is 11.6 Å². The van der Waals surface area contributed by atoms with Crippen LogP contribution < -0.4 is 4.74 Å². The fraction of sp³-hybridized carbons (Fsp3) is 0.136. The van der Waals surface area contributed by atoms with Crippen LogP contribution in [0.4, 0.5) is 8.78 Å². The first-order chi connectivity index (χ1) is 14.3. The van der Waals surface area contributed by atoms with Gasteiger partial charge in [-0.15, -0.1) is 0 Å². The first kappa shape index (κ1) is 21.4. The molecule has 0 saturated carbocycles. The second-order valence-electron chi connectivity index (χ2n) is 6.62. The summed E-state index contributed by atoms with van der Waals surface area (Å²) in [5, 5.41) is 9.17. The highest BCUT2D eigenvalue weighted by Gasteiger charge is 2.21. The first-order valence-electron chi connectivity index (χ1n) is 8.90. The third-order valence-corrected chi connectivity index (χ3v) is 4.67. The second kappa shape index (κ2) is 9.00. The van der Waals surface area contributed by atoms with Gasteiger partial charge in [0, 0.05) is 12.6 Å². The molecule has 0 radical (unpaired) electrons. The van der Waals surface area contributed by atoms with E-state index in [1.54, 1.807) is 19.1 Å². The van der Waals surface area contributed by atoms with Crippen LogP contribution in [0.1, 0.15) is 45.5 Å². The van der Waals surface area contributed by atoms with Crippen molar-refractivity contribution >= 4 is 23.4 Å². The van der Waals surface area contributed by atoms with Gasteiger partial charge in [0.05, 0.1) is 16.1 Å². The van der Waals surface area contributed by atoms with E-state index in [9.17, 15) is 18.4 Å². The number of benzene rings is 2. The number of ether oxygens (including phenoxy) is 1. The molecule has 0 bridgehead atoms. The molecule has 0 aliphatic carbocycles. The molecule has 0 spiro atoms. The van der Waals surface area contributed by atoms with Crippen LogP contribution in [0.25, 0.3) is 0 Å². The molecule has 3 rings (SSSR count). The van der Waals surface area contributed by atoms with Crippen molar-refractivity contribution in [2.24, 2.45) is 0 Å². The van der Waals surface area contributed by atoms with E-state index in [1.165, 1.54) is 36.5 Å². The smallest absolute Gasteiger partial charge is 0.335 e. The van der Waals surface area contributed by atoms with E-state index in [0.29, 0.717) is 0 Å². The summed E-state index contributed by atoms with van der Waals surface area (Å²) in [5.74, 6) is -4.54. The van der Waals surface area contributed by atoms with E-state index < -0.39 is 23.4 Å². The van der Waals surface area contributed by atoms with Gasteiger partial charge in [0.1, 0.15) is 0 Å². The number of halogens is 3. The van der Waals surface area contributed by atoms with Crippen molar-refractivity contribution in [3.63, 3.8) is 0 Å². The van der Waals surface area contributed by atoms with Crippen LogP contribution in [0.15, 0.2) is 54.7 Å². The zero-order valence-corrected chi connectivity index (χ0v) is 16.5. The van der Waals surface area contributed by atoms with Crippen LogP contribution in [0.3, 0.4) is 0 Å². The number of carbonyl (C=O) groups excluding carboxylic acids is 1. The number of hydrogen-bond donors (Lipinski definition) is 1. The van der Waals surface area contributed by atoms with E-state index in [-0.39, 0.29) is 40.2 Å². The Hall–Kier alpha value is -3.32. The third-order valence-electron chi connectivity index (χ3n) is 4.46. The maximum atomic E-state index is 13.9. The van der Waals surface area contributed by atoms with Crippen molar-refractivity contribution in [1.82, 2.24) is 4.98 Å². The van der Waals surface area contributed by atoms with E-state index >= 15 is 0 Å². The Morgan fingerprint density at radius 1 is 1.17 bits per heavy atom. The van der Waals surface area contributed by atoms with Crippen molar-refractivity contribution in [2.75, 3.05) is 0 Å². The monoisotopic (exact) mass is 431 g/mol. The lowest BCUT2D eigenvalue weighted by atomic mass is 9.93. The highest BCUT2D eigenvalue weighted by molar-refractivity contribution is 6.30. The van der Waals surface area contributed by atoms with Gasteiger partial charge in [0.2, 0.25) is 11.7 Å². The number of carboxylic acids is 1. The fourth-order valence-corrected chi connectivity index (χ4v) is 2.99. The van der Waals surface area contributed by atoms with Crippen molar-refractivity contribution in [2.45, 2.75) is 19.3 Å². The molecule has 30 heavy (non-hydrogen) atoms. The highest BCUT2D eigenvalue weighted by atomic mass is 35.5. The highest BCUT2D eigenvalue weighted by Crippen LogP contribution is 2.31.